The summed E-state index contributed by atoms with van der Waals surface area (Å²) >= 11 is 0. The molecule has 1 aromatic carbocycles. The summed E-state index contributed by atoms with van der Waals surface area (Å²) in [4.78, 5) is 10.8. The van der Waals surface area contributed by atoms with E-state index in [4.69, 9.17) is 5.11 Å². The maximum atomic E-state index is 14.0. The van der Waals surface area contributed by atoms with Crippen LogP contribution in [0, 0.1) is 18.7 Å². The van der Waals surface area contributed by atoms with E-state index in [1.807, 2.05) is 19.2 Å². The van der Waals surface area contributed by atoms with Crippen molar-refractivity contribution in [3.05, 3.63) is 35.3 Å². The molecule has 0 saturated heterocycles. The zero-order valence-electron chi connectivity index (χ0n) is 10.7. The molecule has 0 saturated carbocycles. The number of carbonyl (C=O) groups is 1. The third-order valence-electron chi connectivity index (χ3n) is 3.25. The first-order chi connectivity index (χ1) is 8.40. The Kier molecular flexibility index (Phi) is 3.11. The van der Waals surface area contributed by atoms with Gasteiger partial charge in [0, 0.05) is 18.6 Å². The molecule has 18 heavy (non-hydrogen) atoms. The van der Waals surface area contributed by atoms with E-state index in [0.29, 0.717) is 11.9 Å². The quantitative estimate of drug-likeness (QED) is 0.908. The van der Waals surface area contributed by atoms with Gasteiger partial charge in [-0.3, -0.25) is 4.79 Å². The number of aryl methyl sites for hydroxylation is 2. The summed E-state index contributed by atoms with van der Waals surface area (Å²) in [6.07, 6.45) is 2.22. The van der Waals surface area contributed by atoms with Crippen LogP contribution in [-0.2, 0) is 18.3 Å². The molecular formula is C14H16FNO2. The number of rotatable bonds is 3. The predicted molar refractivity (Wildman–Crippen MR) is 68.1 cm³/mol. The van der Waals surface area contributed by atoms with E-state index in [-0.39, 0.29) is 5.82 Å². The van der Waals surface area contributed by atoms with Gasteiger partial charge in [-0.2, -0.15) is 0 Å². The van der Waals surface area contributed by atoms with Crippen molar-refractivity contribution in [3.63, 3.8) is 0 Å². The lowest BCUT2D eigenvalue weighted by molar-refractivity contribution is -0.141. The van der Waals surface area contributed by atoms with Crippen LogP contribution in [0.4, 0.5) is 4.39 Å². The van der Waals surface area contributed by atoms with Gasteiger partial charge in [-0.15, -0.1) is 0 Å². The van der Waals surface area contributed by atoms with Crippen molar-refractivity contribution < 1.29 is 14.3 Å². The molecule has 2 rings (SSSR count). The fourth-order valence-corrected chi connectivity index (χ4v) is 2.30. The molecule has 0 aliphatic heterocycles. The molecular weight excluding hydrogens is 233 g/mol. The number of hydrogen-bond donors (Lipinski definition) is 1. The lowest BCUT2D eigenvalue weighted by Crippen LogP contribution is -2.12. The average molecular weight is 249 g/mol. The first-order valence-corrected chi connectivity index (χ1v) is 5.87. The van der Waals surface area contributed by atoms with E-state index in [9.17, 15) is 9.18 Å². The SMILES string of the molecule is Cc1cn(C)c2c(F)cc(CC(C)C(=O)O)cc12. The van der Waals surface area contributed by atoms with Crippen LogP contribution in [0.15, 0.2) is 18.3 Å². The number of halogens is 1. The van der Waals surface area contributed by atoms with Crippen LogP contribution in [-0.4, -0.2) is 15.6 Å². The van der Waals surface area contributed by atoms with Crippen molar-refractivity contribution in [3.8, 4) is 0 Å². The molecule has 1 atom stereocenters. The fourth-order valence-electron chi connectivity index (χ4n) is 2.30. The van der Waals surface area contributed by atoms with Gasteiger partial charge in [0.1, 0.15) is 5.82 Å². The first-order valence-electron chi connectivity index (χ1n) is 5.87. The summed E-state index contributed by atoms with van der Waals surface area (Å²) in [5.74, 6) is -1.66. The van der Waals surface area contributed by atoms with E-state index in [2.05, 4.69) is 0 Å². The van der Waals surface area contributed by atoms with Crippen molar-refractivity contribution in [2.45, 2.75) is 20.3 Å². The van der Waals surface area contributed by atoms with Gasteiger partial charge in [0.15, 0.2) is 0 Å². The highest BCUT2D eigenvalue weighted by atomic mass is 19.1. The fraction of sp³-hybridized carbons (Fsp3) is 0.357. The van der Waals surface area contributed by atoms with E-state index in [0.717, 1.165) is 16.5 Å². The lowest BCUT2D eigenvalue weighted by Gasteiger charge is -2.08. The van der Waals surface area contributed by atoms with Crippen LogP contribution in [0.5, 0.6) is 0 Å². The summed E-state index contributed by atoms with van der Waals surface area (Å²) in [5, 5.41) is 9.74. The van der Waals surface area contributed by atoms with Gasteiger partial charge in [0.05, 0.1) is 11.4 Å². The Morgan fingerprint density at radius 3 is 2.78 bits per heavy atom. The average Bonchev–Trinajstić information content (AvgIpc) is 2.54. The van der Waals surface area contributed by atoms with Crippen LogP contribution in [0.3, 0.4) is 0 Å². The van der Waals surface area contributed by atoms with E-state index < -0.39 is 11.9 Å². The van der Waals surface area contributed by atoms with Crippen LogP contribution < -0.4 is 0 Å². The number of hydrogen-bond acceptors (Lipinski definition) is 1. The number of aliphatic carboxylic acids is 1. The summed E-state index contributed by atoms with van der Waals surface area (Å²) in [6, 6.07) is 3.31. The van der Waals surface area contributed by atoms with E-state index in [1.54, 1.807) is 18.5 Å². The minimum absolute atomic E-state index is 0.296. The monoisotopic (exact) mass is 249 g/mol. The maximum absolute atomic E-state index is 14.0. The Morgan fingerprint density at radius 1 is 1.50 bits per heavy atom. The summed E-state index contributed by atoms with van der Waals surface area (Å²) < 4.78 is 15.8. The highest BCUT2D eigenvalue weighted by molar-refractivity contribution is 5.85. The summed E-state index contributed by atoms with van der Waals surface area (Å²) in [5.41, 5.74) is 2.29. The number of benzene rings is 1. The molecule has 0 aliphatic rings. The van der Waals surface area contributed by atoms with Gasteiger partial charge in [-0.05, 0) is 36.6 Å². The van der Waals surface area contributed by atoms with Crippen LogP contribution in [0.1, 0.15) is 18.1 Å². The summed E-state index contributed by atoms with van der Waals surface area (Å²) in [7, 11) is 1.80. The van der Waals surface area contributed by atoms with Crippen molar-refractivity contribution in [1.82, 2.24) is 4.57 Å². The second-order valence-corrected chi connectivity index (χ2v) is 4.84. The third kappa shape index (κ3) is 2.10. The Hall–Kier alpha value is -1.84. The third-order valence-corrected chi connectivity index (χ3v) is 3.25. The smallest absolute Gasteiger partial charge is 0.306 e. The van der Waals surface area contributed by atoms with Gasteiger partial charge < -0.3 is 9.67 Å². The van der Waals surface area contributed by atoms with Gasteiger partial charge in [-0.25, -0.2) is 4.39 Å². The second-order valence-electron chi connectivity index (χ2n) is 4.84. The molecule has 1 aromatic heterocycles. The molecule has 0 aliphatic carbocycles. The molecule has 2 aromatic rings. The van der Waals surface area contributed by atoms with E-state index >= 15 is 0 Å². The minimum atomic E-state index is -0.861. The van der Waals surface area contributed by atoms with Gasteiger partial charge >= 0.3 is 5.97 Å². The maximum Gasteiger partial charge on any atom is 0.306 e. The van der Waals surface area contributed by atoms with Gasteiger partial charge in [-0.1, -0.05) is 6.92 Å². The molecule has 0 radical (unpaired) electrons. The summed E-state index contributed by atoms with van der Waals surface area (Å²) in [6.45, 7) is 3.55. The molecule has 0 bridgehead atoms. The van der Waals surface area contributed by atoms with Crippen molar-refractivity contribution >= 4 is 16.9 Å². The van der Waals surface area contributed by atoms with Crippen LogP contribution >= 0.6 is 0 Å². The lowest BCUT2D eigenvalue weighted by atomic mass is 9.99. The van der Waals surface area contributed by atoms with Crippen molar-refractivity contribution in [2.24, 2.45) is 13.0 Å². The van der Waals surface area contributed by atoms with Crippen molar-refractivity contribution in [1.29, 1.82) is 0 Å². The standard InChI is InChI=1S/C14H16FNO2/c1-8(14(17)18)4-10-5-11-9(2)7-16(3)13(11)12(15)6-10/h5-8H,4H2,1-3H3,(H,17,18). The zero-order chi connectivity index (χ0) is 13.4. The molecule has 96 valence electrons. The molecule has 0 amide bonds. The van der Waals surface area contributed by atoms with Crippen LogP contribution in [0.2, 0.25) is 0 Å². The molecule has 1 heterocycles. The molecule has 0 spiro atoms. The van der Waals surface area contributed by atoms with Gasteiger partial charge in [0.25, 0.3) is 0 Å². The minimum Gasteiger partial charge on any atom is -0.481 e. The second kappa shape index (κ2) is 4.44. The number of nitrogens with zero attached hydrogens (tertiary/aromatic N) is 1. The highest BCUT2D eigenvalue weighted by Gasteiger charge is 2.15. The predicted octanol–water partition coefficient (Wildman–Crippen LogP) is 2.89. The number of carboxylic acid groups (broad SMARTS) is 1. The molecule has 1 unspecified atom stereocenters. The Bertz CT molecular complexity index is 616. The first kappa shape index (κ1) is 12.6. The zero-order valence-corrected chi connectivity index (χ0v) is 10.7. The number of carboxylic acids is 1. The molecule has 0 fully saturated rings. The van der Waals surface area contributed by atoms with Gasteiger partial charge in [0.2, 0.25) is 0 Å². The normalized spacial score (nSPS) is 12.9. The van der Waals surface area contributed by atoms with E-state index in [1.165, 1.54) is 6.07 Å². The number of fused-ring (bicyclic) bond motifs is 1. The largest absolute Gasteiger partial charge is 0.481 e. The molecule has 4 heteroatoms. The van der Waals surface area contributed by atoms with Crippen LogP contribution in [0.25, 0.3) is 10.9 Å². The molecule has 3 nitrogen and oxygen atoms in total. The Labute approximate surface area is 105 Å². The Balaban J connectivity index is 2.49. The highest BCUT2D eigenvalue weighted by Crippen LogP contribution is 2.25. The molecule has 1 N–H and O–H groups in total. The van der Waals surface area contributed by atoms with Crippen molar-refractivity contribution in [2.75, 3.05) is 0 Å². The Morgan fingerprint density at radius 2 is 2.17 bits per heavy atom. The number of aromatic nitrogens is 1. The topological polar surface area (TPSA) is 42.2 Å².